The number of rotatable bonds is 10. The summed E-state index contributed by atoms with van der Waals surface area (Å²) in [6, 6.07) is 13.9. The number of nitrogens with zero attached hydrogens (tertiary/aromatic N) is 3. The summed E-state index contributed by atoms with van der Waals surface area (Å²) in [7, 11) is 1.29. The van der Waals surface area contributed by atoms with E-state index in [1.54, 1.807) is 0 Å². The number of methoxy groups -OCH3 is 1. The summed E-state index contributed by atoms with van der Waals surface area (Å²) >= 11 is 0. The van der Waals surface area contributed by atoms with E-state index in [0.29, 0.717) is 5.92 Å². The number of aromatic amines is 2. The van der Waals surface area contributed by atoms with Crippen LogP contribution in [0.3, 0.4) is 0 Å². The highest BCUT2D eigenvalue weighted by atomic mass is 16.5. The number of alkyl carbamates (subject to hydrolysis) is 1. The number of carbonyl (C=O) groups is 3. The fraction of sp³-hybridized carbons (Fsp3) is 0.500. The number of amides is 3. The largest absolute Gasteiger partial charge is 0.453 e. The Bertz CT molecular complexity index is 1790. The van der Waals surface area contributed by atoms with Crippen molar-refractivity contribution in [1.29, 1.82) is 0 Å². The molecule has 4 N–H and O–H groups in total. The van der Waals surface area contributed by atoms with E-state index in [2.05, 4.69) is 70.8 Å². The number of benzene rings is 2. The van der Waals surface area contributed by atoms with Crippen LogP contribution in [0.15, 0.2) is 48.7 Å². The minimum absolute atomic E-state index is 0.0129. The molecule has 0 radical (unpaired) electrons. The van der Waals surface area contributed by atoms with Gasteiger partial charge in [-0.2, -0.15) is 0 Å². The number of fused-ring (bicyclic) bond motifs is 1. The summed E-state index contributed by atoms with van der Waals surface area (Å²) in [4.78, 5) is 56.8. The quantitative estimate of drug-likeness (QED) is 0.148. The third kappa shape index (κ3) is 7.21. The van der Waals surface area contributed by atoms with Crippen LogP contribution in [0.2, 0.25) is 0 Å². The molecule has 260 valence electrons. The number of imidazole rings is 2. The summed E-state index contributed by atoms with van der Waals surface area (Å²) < 4.78 is 4.72. The first-order chi connectivity index (χ1) is 23.5. The maximum absolute atomic E-state index is 13.2. The lowest BCUT2D eigenvalue weighted by Gasteiger charge is -2.27. The van der Waals surface area contributed by atoms with Gasteiger partial charge in [-0.05, 0) is 66.3 Å². The van der Waals surface area contributed by atoms with E-state index < -0.39 is 12.1 Å². The molecule has 2 fully saturated rings. The number of hydrogen-bond acceptors (Lipinski definition) is 6. The first kappa shape index (κ1) is 34.2. The van der Waals surface area contributed by atoms with Crippen molar-refractivity contribution in [3.05, 3.63) is 60.3 Å². The third-order valence-corrected chi connectivity index (χ3v) is 10.5. The molecule has 2 aromatic carbocycles. The van der Waals surface area contributed by atoms with Crippen molar-refractivity contribution in [3.8, 4) is 22.4 Å². The van der Waals surface area contributed by atoms with Crippen LogP contribution in [0.4, 0.5) is 4.79 Å². The molecule has 6 rings (SSSR count). The fourth-order valence-electron chi connectivity index (χ4n) is 7.20. The van der Waals surface area contributed by atoms with Gasteiger partial charge in [0.1, 0.15) is 17.7 Å². The molecule has 11 nitrogen and oxygen atoms in total. The van der Waals surface area contributed by atoms with E-state index in [4.69, 9.17) is 14.7 Å². The van der Waals surface area contributed by atoms with Crippen LogP contribution < -0.4 is 10.6 Å². The van der Waals surface area contributed by atoms with E-state index in [1.165, 1.54) is 7.11 Å². The monoisotopic (exact) mass is 667 g/mol. The molecule has 2 aliphatic rings. The smallest absolute Gasteiger partial charge is 0.407 e. The van der Waals surface area contributed by atoms with Gasteiger partial charge >= 0.3 is 6.09 Å². The van der Waals surface area contributed by atoms with Crippen LogP contribution in [-0.2, 0) is 14.3 Å². The Morgan fingerprint density at radius 2 is 1.61 bits per heavy atom. The lowest BCUT2D eigenvalue weighted by molar-refractivity contribution is -0.137. The second-order valence-electron chi connectivity index (χ2n) is 14.3. The van der Waals surface area contributed by atoms with Gasteiger partial charge in [0.2, 0.25) is 11.8 Å². The Kier molecular flexibility index (Phi) is 10.1. The van der Waals surface area contributed by atoms with E-state index in [-0.39, 0.29) is 41.7 Å². The van der Waals surface area contributed by atoms with Crippen molar-refractivity contribution in [1.82, 2.24) is 35.5 Å². The molecule has 3 amide bonds. The summed E-state index contributed by atoms with van der Waals surface area (Å²) in [5.74, 6) is 1.97. The highest BCUT2D eigenvalue weighted by Crippen LogP contribution is 2.36. The van der Waals surface area contributed by atoms with Gasteiger partial charge in [-0.15, -0.1) is 0 Å². The average molecular weight is 668 g/mol. The molecule has 3 heterocycles. The minimum atomic E-state index is -0.678. The molecule has 5 atom stereocenters. The molecule has 0 bridgehead atoms. The van der Waals surface area contributed by atoms with Gasteiger partial charge in [0.15, 0.2) is 0 Å². The summed E-state index contributed by atoms with van der Waals surface area (Å²) in [6.07, 6.45) is 5.88. The third-order valence-electron chi connectivity index (χ3n) is 10.5. The molecule has 1 aliphatic carbocycles. The predicted molar refractivity (Wildman–Crippen MR) is 189 cm³/mol. The van der Waals surface area contributed by atoms with Gasteiger partial charge in [-0.1, -0.05) is 71.4 Å². The summed E-state index contributed by atoms with van der Waals surface area (Å²) in [6.45, 7) is 10.8. The van der Waals surface area contributed by atoms with Crippen molar-refractivity contribution in [3.63, 3.8) is 0 Å². The Balaban J connectivity index is 1.13. The molecule has 49 heavy (non-hydrogen) atoms. The Hall–Kier alpha value is -4.67. The zero-order valence-electron chi connectivity index (χ0n) is 29.4. The first-order valence-corrected chi connectivity index (χ1v) is 17.6. The number of aromatic nitrogens is 4. The lowest BCUT2D eigenvalue weighted by Crippen LogP contribution is -2.52. The minimum Gasteiger partial charge on any atom is -0.453 e. The number of nitrogens with one attached hydrogen (secondary N) is 4. The number of hydrogen-bond donors (Lipinski definition) is 4. The zero-order valence-corrected chi connectivity index (χ0v) is 29.4. The molecule has 1 aliphatic heterocycles. The number of carbonyl (C=O) groups excluding carboxylic acids is 3. The number of ether oxygens (including phenoxy) is 1. The molecule has 4 aromatic rings. The highest BCUT2D eigenvalue weighted by molar-refractivity contribution is 5.86. The van der Waals surface area contributed by atoms with Crippen LogP contribution in [0.25, 0.3) is 33.4 Å². The molecule has 1 saturated carbocycles. The average Bonchev–Trinajstić information content (AvgIpc) is 3.92. The molecule has 0 unspecified atom stereocenters. The zero-order chi connectivity index (χ0) is 34.8. The SMILES string of the molecule is COC(=O)N[C@H](C(=O)N[C@H]1CCC[C@@H]1c1ncc(-c2ccc(-c3ccc4nc([C@@H]5CCCN5C(=O)[C@@H](C)C(C)C)[nH]c4c3)cc2)[nH]1)C(C)C. The lowest BCUT2D eigenvalue weighted by atomic mass is 9.96. The van der Waals surface area contributed by atoms with Crippen LogP contribution in [0.5, 0.6) is 0 Å². The highest BCUT2D eigenvalue weighted by Gasteiger charge is 2.36. The van der Waals surface area contributed by atoms with Crippen LogP contribution in [0.1, 0.15) is 90.3 Å². The number of H-pyrrole nitrogens is 2. The van der Waals surface area contributed by atoms with E-state index in [1.807, 2.05) is 37.9 Å². The predicted octanol–water partition coefficient (Wildman–Crippen LogP) is 6.71. The van der Waals surface area contributed by atoms with Crippen LogP contribution in [-0.4, -0.2) is 68.5 Å². The van der Waals surface area contributed by atoms with Crippen molar-refractivity contribution < 1.29 is 19.1 Å². The molecule has 1 saturated heterocycles. The fourth-order valence-corrected chi connectivity index (χ4v) is 7.20. The van der Waals surface area contributed by atoms with Gasteiger partial charge in [0.25, 0.3) is 0 Å². The first-order valence-electron chi connectivity index (χ1n) is 17.6. The normalized spacial score (nSPS) is 20.6. The van der Waals surface area contributed by atoms with Crippen LogP contribution in [0, 0.1) is 17.8 Å². The topological polar surface area (TPSA) is 145 Å². The van der Waals surface area contributed by atoms with Gasteiger partial charge < -0.3 is 30.2 Å². The van der Waals surface area contributed by atoms with Crippen molar-refractivity contribution in [2.75, 3.05) is 13.7 Å². The van der Waals surface area contributed by atoms with Gasteiger partial charge in [-0.25, -0.2) is 14.8 Å². The Morgan fingerprint density at radius 3 is 2.33 bits per heavy atom. The van der Waals surface area contributed by atoms with Crippen molar-refractivity contribution >= 4 is 28.9 Å². The van der Waals surface area contributed by atoms with Crippen LogP contribution >= 0.6 is 0 Å². The summed E-state index contributed by atoms with van der Waals surface area (Å²) in [5.41, 5.74) is 5.97. The van der Waals surface area contributed by atoms with E-state index >= 15 is 0 Å². The standard InChI is InChI=1S/C38H49N7O4/c1-21(2)23(5)37(47)45-18-8-11-32(45)35-40-29-17-16-26(19-30(29)41-35)24-12-14-25(15-13-24)31-20-39-34(42-31)27-9-7-10-28(27)43-36(46)33(22(3)4)44-38(48)49-6/h12-17,19-23,27-28,32-33H,7-11,18H2,1-6H3,(H,39,42)(H,40,41)(H,43,46)(H,44,48)/t23-,27-,28-,32-,33-/m0/s1. The van der Waals surface area contributed by atoms with Gasteiger partial charge in [0.05, 0.1) is 36.1 Å². The Labute approximate surface area is 288 Å². The van der Waals surface area contributed by atoms with Crippen molar-refractivity contribution in [2.45, 2.75) is 90.8 Å². The van der Waals surface area contributed by atoms with Crippen molar-refractivity contribution in [2.24, 2.45) is 17.8 Å². The summed E-state index contributed by atoms with van der Waals surface area (Å²) in [5, 5.41) is 5.82. The molecular weight excluding hydrogens is 618 g/mol. The second-order valence-corrected chi connectivity index (χ2v) is 14.3. The number of likely N-dealkylation sites (tertiary alicyclic amines) is 1. The maximum atomic E-state index is 13.2. The second kappa shape index (κ2) is 14.4. The molecule has 11 heteroatoms. The molecule has 0 spiro atoms. The van der Waals surface area contributed by atoms with Gasteiger partial charge in [0, 0.05) is 24.4 Å². The van der Waals surface area contributed by atoms with Gasteiger partial charge in [-0.3, -0.25) is 9.59 Å². The van der Waals surface area contributed by atoms with E-state index in [0.717, 1.165) is 83.7 Å². The maximum Gasteiger partial charge on any atom is 0.407 e. The molecule has 2 aromatic heterocycles. The molecular formula is C38H49N7O4. The van der Waals surface area contributed by atoms with E-state index in [9.17, 15) is 14.4 Å². The Morgan fingerprint density at radius 1 is 0.878 bits per heavy atom.